The molecular formula is C20H24F3N7OS. The lowest BCUT2D eigenvalue weighted by Gasteiger charge is -2.29. The van der Waals surface area contributed by atoms with Gasteiger partial charge in [0.1, 0.15) is 17.3 Å². The van der Waals surface area contributed by atoms with E-state index in [-0.39, 0.29) is 25.0 Å². The van der Waals surface area contributed by atoms with Crippen LogP contribution in [0.25, 0.3) is 10.2 Å². The van der Waals surface area contributed by atoms with Crippen molar-refractivity contribution in [2.75, 3.05) is 24.6 Å². The van der Waals surface area contributed by atoms with Crippen LogP contribution in [0.4, 0.5) is 19.0 Å². The molecule has 1 saturated heterocycles. The van der Waals surface area contributed by atoms with E-state index in [1.54, 1.807) is 11.3 Å². The van der Waals surface area contributed by atoms with E-state index in [0.29, 0.717) is 25.0 Å². The fourth-order valence-corrected chi connectivity index (χ4v) is 5.35. The first kappa shape index (κ1) is 21.4. The maximum absolute atomic E-state index is 13.2. The summed E-state index contributed by atoms with van der Waals surface area (Å²) in [7, 11) is 0. The molecule has 12 heteroatoms. The van der Waals surface area contributed by atoms with Crippen LogP contribution in [0.15, 0.2) is 6.07 Å². The van der Waals surface area contributed by atoms with Gasteiger partial charge in [0.15, 0.2) is 5.82 Å². The van der Waals surface area contributed by atoms with E-state index in [1.165, 1.54) is 4.88 Å². The van der Waals surface area contributed by atoms with Gasteiger partial charge in [0.25, 0.3) is 0 Å². The van der Waals surface area contributed by atoms with E-state index in [1.807, 2.05) is 4.90 Å². The van der Waals surface area contributed by atoms with Crippen LogP contribution in [0.2, 0.25) is 0 Å². The third-order valence-corrected chi connectivity index (χ3v) is 6.87. The van der Waals surface area contributed by atoms with Crippen molar-refractivity contribution in [1.29, 1.82) is 0 Å². The summed E-state index contributed by atoms with van der Waals surface area (Å²) in [5, 5.41) is 11.5. The molecule has 172 valence electrons. The number of fused-ring (bicyclic) bond motifs is 2. The van der Waals surface area contributed by atoms with Gasteiger partial charge in [-0.1, -0.05) is 13.3 Å². The Morgan fingerprint density at radius 2 is 2.12 bits per heavy atom. The number of alkyl halides is 3. The molecule has 0 amide bonds. The van der Waals surface area contributed by atoms with Crippen molar-refractivity contribution in [3.63, 3.8) is 0 Å². The van der Waals surface area contributed by atoms with Gasteiger partial charge in [-0.15, -0.1) is 21.5 Å². The number of ether oxygens (including phenoxy) is 1. The van der Waals surface area contributed by atoms with Crippen molar-refractivity contribution in [2.45, 2.75) is 57.9 Å². The first-order valence-electron chi connectivity index (χ1n) is 10.8. The number of anilines is 1. The van der Waals surface area contributed by atoms with Crippen LogP contribution in [-0.2, 0) is 25.7 Å². The van der Waals surface area contributed by atoms with Gasteiger partial charge in [0.2, 0.25) is 5.82 Å². The molecule has 0 unspecified atom stereocenters. The van der Waals surface area contributed by atoms with Gasteiger partial charge in [-0.25, -0.2) is 0 Å². The van der Waals surface area contributed by atoms with Crippen LogP contribution in [-0.4, -0.2) is 50.5 Å². The molecule has 0 saturated carbocycles. The minimum atomic E-state index is -4.52. The average Bonchev–Trinajstić information content (AvgIpc) is 3.49. The van der Waals surface area contributed by atoms with Gasteiger partial charge in [-0.05, 0) is 31.9 Å². The van der Waals surface area contributed by atoms with Crippen molar-refractivity contribution in [2.24, 2.45) is 0 Å². The van der Waals surface area contributed by atoms with Crippen LogP contribution >= 0.6 is 11.3 Å². The molecule has 2 aliphatic heterocycles. The summed E-state index contributed by atoms with van der Waals surface area (Å²) in [5.41, 5.74) is 0. The predicted octanol–water partition coefficient (Wildman–Crippen LogP) is 3.41. The molecule has 5 rings (SSSR count). The van der Waals surface area contributed by atoms with E-state index < -0.39 is 12.0 Å². The highest BCUT2D eigenvalue weighted by molar-refractivity contribution is 7.18. The van der Waals surface area contributed by atoms with E-state index in [2.05, 4.69) is 38.5 Å². The molecule has 3 aromatic rings. The van der Waals surface area contributed by atoms with Crippen molar-refractivity contribution in [3.05, 3.63) is 22.6 Å². The topological polar surface area (TPSA) is 81.0 Å². The number of hydrogen-bond donors (Lipinski definition) is 1. The van der Waals surface area contributed by atoms with Gasteiger partial charge < -0.3 is 19.5 Å². The first-order valence-corrected chi connectivity index (χ1v) is 11.6. The minimum Gasteiger partial charge on any atom is -0.462 e. The Balaban J connectivity index is 1.46. The van der Waals surface area contributed by atoms with Gasteiger partial charge >= 0.3 is 12.2 Å². The summed E-state index contributed by atoms with van der Waals surface area (Å²) in [6, 6.07) is 2.67. The second kappa shape index (κ2) is 8.47. The number of hydrogen-bond acceptors (Lipinski definition) is 8. The maximum Gasteiger partial charge on any atom is 0.451 e. The van der Waals surface area contributed by atoms with Gasteiger partial charge in [0, 0.05) is 24.0 Å². The van der Waals surface area contributed by atoms with Crippen LogP contribution < -0.4 is 15.0 Å². The largest absolute Gasteiger partial charge is 0.462 e. The standard InChI is InChI=1S/C20H24F3N7OS/c1-2-4-13-9-14-16(25-19(26-17(14)32-13)31-11-12-5-3-6-24-12)29-7-8-30-15(10-29)27-28-18(30)20(21,22)23/h9,12,24H,2-8,10-11H2,1H3/t12-/m1/s1. The second-order valence-corrected chi connectivity index (χ2v) is 9.24. The van der Waals surface area contributed by atoms with Crippen LogP contribution in [0.5, 0.6) is 6.01 Å². The average molecular weight is 468 g/mol. The molecule has 3 aromatic heterocycles. The summed E-state index contributed by atoms with van der Waals surface area (Å²) in [4.78, 5) is 13.3. The highest BCUT2D eigenvalue weighted by Gasteiger charge is 2.39. The van der Waals surface area contributed by atoms with E-state index in [4.69, 9.17) is 4.74 Å². The van der Waals surface area contributed by atoms with Crippen molar-refractivity contribution < 1.29 is 17.9 Å². The lowest BCUT2D eigenvalue weighted by molar-refractivity contribution is -0.147. The maximum atomic E-state index is 13.2. The fourth-order valence-electron chi connectivity index (χ4n) is 4.23. The molecule has 32 heavy (non-hydrogen) atoms. The Morgan fingerprint density at radius 3 is 2.88 bits per heavy atom. The number of nitrogens with zero attached hydrogens (tertiary/aromatic N) is 6. The van der Waals surface area contributed by atoms with Crippen molar-refractivity contribution in [1.82, 2.24) is 30.0 Å². The highest BCUT2D eigenvalue weighted by Crippen LogP contribution is 2.36. The second-order valence-electron chi connectivity index (χ2n) is 8.13. The summed E-state index contributed by atoms with van der Waals surface area (Å²) in [6.07, 6.45) is -0.393. The molecule has 5 heterocycles. The zero-order chi connectivity index (χ0) is 22.3. The summed E-state index contributed by atoms with van der Waals surface area (Å²) in [6.45, 7) is 4.29. The Labute approximate surface area is 186 Å². The lowest BCUT2D eigenvalue weighted by Crippen LogP contribution is -2.36. The molecule has 0 radical (unpaired) electrons. The molecular weight excluding hydrogens is 443 g/mol. The Kier molecular flexibility index (Phi) is 5.66. The van der Waals surface area contributed by atoms with Gasteiger partial charge in [0.05, 0.1) is 11.9 Å². The molecule has 0 bridgehead atoms. The molecule has 1 atom stereocenters. The number of rotatable bonds is 6. The molecule has 0 spiro atoms. The third kappa shape index (κ3) is 4.13. The monoisotopic (exact) mass is 467 g/mol. The Hall–Kier alpha value is -2.47. The number of halogens is 3. The molecule has 1 N–H and O–H groups in total. The van der Waals surface area contributed by atoms with Crippen molar-refractivity contribution in [3.8, 4) is 6.01 Å². The third-order valence-electron chi connectivity index (χ3n) is 5.78. The van der Waals surface area contributed by atoms with E-state index >= 15 is 0 Å². The van der Waals surface area contributed by atoms with Crippen molar-refractivity contribution >= 4 is 27.4 Å². The lowest BCUT2D eigenvalue weighted by atomic mass is 10.2. The zero-order valence-electron chi connectivity index (χ0n) is 17.7. The number of nitrogens with one attached hydrogen (secondary N) is 1. The SMILES string of the molecule is CCCc1cc2c(N3CCn4c(nnc4C(F)(F)F)C3)nc(OC[C@H]3CCCN3)nc2s1. The minimum absolute atomic E-state index is 0.136. The molecule has 8 nitrogen and oxygen atoms in total. The normalized spacial score (nSPS) is 19.0. The van der Waals surface area contributed by atoms with Crippen LogP contribution in [0.3, 0.4) is 0 Å². The molecule has 0 aromatic carbocycles. The number of thiophene rings is 1. The number of aromatic nitrogens is 5. The summed E-state index contributed by atoms with van der Waals surface area (Å²) < 4.78 is 46.7. The predicted molar refractivity (Wildman–Crippen MR) is 114 cm³/mol. The van der Waals surface area contributed by atoms with Gasteiger partial charge in [-0.3, -0.25) is 0 Å². The Bertz CT molecular complexity index is 1110. The highest BCUT2D eigenvalue weighted by atomic mass is 32.1. The molecule has 1 fully saturated rings. The van der Waals surface area contributed by atoms with Gasteiger partial charge in [-0.2, -0.15) is 23.1 Å². The number of aryl methyl sites for hydroxylation is 1. The quantitative estimate of drug-likeness (QED) is 0.595. The fraction of sp³-hybridized carbons (Fsp3) is 0.600. The smallest absolute Gasteiger partial charge is 0.451 e. The Morgan fingerprint density at radius 1 is 1.25 bits per heavy atom. The summed E-state index contributed by atoms with van der Waals surface area (Å²) >= 11 is 1.61. The van der Waals surface area contributed by atoms with E-state index in [9.17, 15) is 13.2 Å². The first-order chi connectivity index (χ1) is 15.4. The summed E-state index contributed by atoms with van der Waals surface area (Å²) in [5.74, 6) is -0.00315. The molecule has 0 aliphatic carbocycles. The van der Waals surface area contributed by atoms with E-state index in [0.717, 1.165) is 47.0 Å². The van der Waals surface area contributed by atoms with Crippen LogP contribution in [0.1, 0.15) is 42.7 Å². The molecule has 2 aliphatic rings. The zero-order valence-corrected chi connectivity index (χ0v) is 18.5. The van der Waals surface area contributed by atoms with Crippen LogP contribution in [0, 0.1) is 0 Å².